The predicted octanol–water partition coefficient (Wildman–Crippen LogP) is 4.89. The SMILES string of the molecule is Cc1ccsc1Cn1c(C(C)Cl)nc2c(F)cccc21. The minimum Gasteiger partial charge on any atom is -0.321 e. The lowest BCUT2D eigenvalue weighted by molar-refractivity contribution is 0.637. The number of halogens is 2. The normalized spacial score (nSPS) is 13.0. The standard InChI is InChI=1S/C15H14ClFN2S/c1-9-6-7-20-13(9)8-19-12-5-3-4-11(17)14(12)18-15(19)10(2)16/h3-7,10H,8H2,1-2H3. The van der Waals surface area contributed by atoms with Gasteiger partial charge in [-0.05, 0) is 43.0 Å². The van der Waals surface area contributed by atoms with Gasteiger partial charge in [0.2, 0.25) is 0 Å². The second-order valence-electron chi connectivity index (χ2n) is 4.81. The third-order valence-corrected chi connectivity index (χ3v) is 4.59. The first kappa shape index (κ1) is 13.6. The molecule has 2 heterocycles. The summed E-state index contributed by atoms with van der Waals surface area (Å²) in [5.41, 5.74) is 2.42. The molecule has 0 aliphatic carbocycles. The van der Waals surface area contributed by atoms with Gasteiger partial charge in [-0.3, -0.25) is 0 Å². The van der Waals surface area contributed by atoms with Crippen LogP contribution in [0, 0.1) is 12.7 Å². The lowest BCUT2D eigenvalue weighted by Gasteiger charge is -2.10. The largest absolute Gasteiger partial charge is 0.321 e. The number of aromatic nitrogens is 2. The van der Waals surface area contributed by atoms with E-state index in [1.807, 2.05) is 17.6 Å². The van der Waals surface area contributed by atoms with E-state index in [2.05, 4.69) is 23.4 Å². The van der Waals surface area contributed by atoms with E-state index >= 15 is 0 Å². The van der Waals surface area contributed by atoms with Gasteiger partial charge in [0.25, 0.3) is 0 Å². The molecule has 0 radical (unpaired) electrons. The highest BCUT2D eigenvalue weighted by atomic mass is 35.5. The highest BCUT2D eigenvalue weighted by molar-refractivity contribution is 7.10. The molecule has 5 heteroatoms. The molecule has 2 nitrogen and oxygen atoms in total. The minimum absolute atomic E-state index is 0.262. The number of thiophene rings is 1. The molecule has 0 bridgehead atoms. The quantitative estimate of drug-likeness (QED) is 0.630. The van der Waals surface area contributed by atoms with Crippen molar-refractivity contribution in [1.82, 2.24) is 9.55 Å². The van der Waals surface area contributed by atoms with Crippen molar-refractivity contribution in [3.8, 4) is 0 Å². The van der Waals surface area contributed by atoms with Crippen molar-refractivity contribution in [1.29, 1.82) is 0 Å². The van der Waals surface area contributed by atoms with Crippen molar-refractivity contribution in [3.63, 3.8) is 0 Å². The highest BCUT2D eigenvalue weighted by Gasteiger charge is 2.18. The molecule has 0 aliphatic heterocycles. The molecule has 0 aliphatic rings. The van der Waals surface area contributed by atoms with E-state index in [0.29, 0.717) is 17.9 Å². The number of hydrogen-bond donors (Lipinski definition) is 0. The van der Waals surface area contributed by atoms with Gasteiger partial charge in [-0.25, -0.2) is 9.37 Å². The summed E-state index contributed by atoms with van der Waals surface area (Å²) < 4.78 is 15.9. The van der Waals surface area contributed by atoms with Crippen LogP contribution in [0.5, 0.6) is 0 Å². The van der Waals surface area contributed by atoms with Crippen molar-refractivity contribution in [2.75, 3.05) is 0 Å². The average Bonchev–Trinajstić information content (AvgIpc) is 2.96. The van der Waals surface area contributed by atoms with E-state index in [9.17, 15) is 4.39 Å². The van der Waals surface area contributed by atoms with E-state index in [4.69, 9.17) is 11.6 Å². The predicted molar refractivity (Wildman–Crippen MR) is 82.1 cm³/mol. The van der Waals surface area contributed by atoms with Crippen LogP contribution < -0.4 is 0 Å². The maximum Gasteiger partial charge on any atom is 0.151 e. The van der Waals surface area contributed by atoms with E-state index in [0.717, 1.165) is 5.52 Å². The van der Waals surface area contributed by atoms with Gasteiger partial charge in [0.05, 0.1) is 17.4 Å². The number of fused-ring (bicyclic) bond motifs is 1. The van der Waals surface area contributed by atoms with Gasteiger partial charge in [0.15, 0.2) is 5.82 Å². The van der Waals surface area contributed by atoms with E-state index in [1.165, 1.54) is 16.5 Å². The van der Waals surface area contributed by atoms with E-state index in [-0.39, 0.29) is 11.2 Å². The van der Waals surface area contributed by atoms with Gasteiger partial charge in [0, 0.05) is 4.88 Å². The third-order valence-electron chi connectivity index (χ3n) is 3.38. The number of hydrogen-bond acceptors (Lipinski definition) is 2. The molecule has 2 aromatic heterocycles. The van der Waals surface area contributed by atoms with Gasteiger partial charge >= 0.3 is 0 Å². The number of nitrogens with zero attached hydrogens (tertiary/aromatic N) is 2. The number of aryl methyl sites for hydroxylation is 1. The summed E-state index contributed by atoms with van der Waals surface area (Å²) in [4.78, 5) is 5.63. The molecule has 0 N–H and O–H groups in total. The smallest absolute Gasteiger partial charge is 0.151 e. The summed E-state index contributed by atoms with van der Waals surface area (Å²) in [6.45, 7) is 4.61. The number of imidazole rings is 1. The first-order chi connectivity index (χ1) is 9.58. The number of alkyl halides is 1. The summed E-state index contributed by atoms with van der Waals surface area (Å²) in [6.07, 6.45) is 0. The number of rotatable bonds is 3. The summed E-state index contributed by atoms with van der Waals surface area (Å²) in [7, 11) is 0. The first-order valence-electron chi connectivity index (χ1n) is 6.39. The van der Waals surface area contributed by atoms with Crippen LogP contribution in [0.4, 0.5) is 4.39 Å². The Labute approximate surface area is 125 Å². The Balaban J connectivity index is 2.19. The molecule has 0 spiro atoms. The Morgan fingerprint density at radius 2 is 2.20 bits per heavy atom. The molecule has 104 valence electrons. The molecular weight excluding hydrogens is 295 g/mol. The fourth-order valence-electron chi connectivity index (χ4n) is 2.31. The van der Waals surface area contributed by atoms with Crippen molar-refractivity contribution in [2.24, 2.45) is 0 Å². The lowest BCUT2D eigenvalue weighted by Crippen LogP contribution is -2.05. The fourth-order valence-corrected chi connectivity index (χ4v) is 3.37. The molecule has 3 rings (SSSR count). The van der Waals surface area contributed by atoms with Crippen LogP contribution in [0.25, 0.3) is 11.0 Å². The Kier molecular flexibility index (Phi) is 3.52. The average molecular weight is 309 g/mol. The fraction of sp³-hybridized carbons (Fsp3) is 0.267. The summed E-state index contributed by atoms with van der Waals surface area (Å²) in [6, 6.07) is 7.11. The molecule has 0 saturated heterocycles. The molecule has 0 amide bonds. The number of para-hydroxylation sites is 1. The van der Waals surface area contributed by atoms with Crippen LogP contribution in [-0.2, 0) is 6.54 Å². The zero-order valence-corrected chi connectivity index (χ0v) is 12.8. The Hall–Kier alpha value is -1.39. The van der Waals surface area contributed by atoms with Crippen molar-refractivity contribution in [2.45, 2.75) is 25.8 Å². The van der Waals surface area contributed by atoms with Gasteiger partial charge < -0.3 is 4.57 Å². The summed E-state index contributed by atoms with van der Waals surface area (Å²) in [5.74, 6) is 0.405. The highest BCUT2D eigenvalue weighted by Crippen LogP contribution is 2.28. The zero-order valence-electron chi connectivity index (χ0n) is 11.2. The second-order valence-corrected chi connectivity index (χ2v) is 6.46. The van der Waals surface area contributed by atoms with Crippen LogP contribution >= 0.6 is 22.9 Å². The van der Waals surface area contributed by atoms with Gasteiger partial charge in [-0.15, -0.1) is 22.9 Å². The lowest BCUT2D eigenvalue weighted by atomic mass is 10.2. The van der Waals surface area contributed by atoms with Crippen LogP contribution in [-0.4, -0.2) is 9.55 Å². The molecule has 1 aromatic carbocycles. The molecule has 1 atom stereocenters. The van der Waals surface area contributed by atoms with Crippen molar-refractivity contribution in [3.05, 3.63) is 51.7 Å². The van der Waals surface area contributed by atoms with E-state index in [1.54, 1.807) is 17.4 Å². The summed E-state index contributed by atoms with van der Waals surface area (Å²) >= 11 is 7.91. The number of benzene rings is 1. The summed E-state index contributed by atoms with van der Waals surface area (Å²) in [5, 5.41) is 1.80. The second kappa shape index (κ2) is 5.19. The molecular formula is C15H14ClFN2S. The van der Waals surface area contributed by atoms with Crippen molar-refractivity contribution >= 4 is 34.0 Å². The molecule has 1 unspecified atom stereocenters. The topological polar surface area (TPSA) is 17.8 Å². The Morgan fingerprint density at radius 1 is 1.40 bits per heavy atom. The van der Waals surface area contributed by atoms with Gasteiger partial charge in [-0.1, -0.05) is 6.07 Å². The Bertz CT molecular complexity index is 760. The third kappa shape index (κ3) is 2.23. The van der Waals surface area contributed by atoms with Crippen LogP contribution in [0.1, 0.15) is 28.6 Å². The minimum atomic E-state index is -0.303. The van der Waals surface area contributed by atoms with Crippen LogP contribution in [0.3, 0.4) is 0 Å². The monoisotopic (exact) mass is 308 g/mol. The van der Waals surface area contributed by atoms with Crippen LogP contribution in [0.15, 0.2) is 29.6 Å². The molecule has 20 heavy (non-hydrogen) atoms. The molecule has 0 fully saturated rings. The first-order valence-corrected chi connectivity index (χ1v) is 7.71. The Morgan fingerprint density at radius 3 is 2.85 bits per heavy atom. The zero-order chi connectivity index (χ0) is 14.3. The van der Waals surface area contributed by atoms with Gasteiger partial charge in [-0.2, -0.15) is 0 Å². The molecule has 0 saturated carbocycles. The van der Waals surface area contributed by atoms with Crippen LogP contribution in [0.2, 0.25) is 0 Å². The molecule has 3 aromatic rings. The van der Waals surface area contributed by atoms with E-state index < -0.39 is 0 Å². The van der Waals surface area contributed by atoms with Gasteiger partial charge in [0.1, 0.15) is 11.3 Å². The maximum absolute atomic E-state index is 13.9. The van der Waals surface area contributed by atoms with Crippen molar-refractivity contribution < 1.29 is 4.39 Å². The maximum atomic E-state index is 13.9.